The van der Waals surface area contributed by atoms with Gasteiger partial charge in [-0.2, -0.15) is 0 Å². The molecule has 0 spiro atoms. The lowest BCUT2D eigenvalue weighted by molar-refractivity contribution is -0.127. The van der Waals surface area contributed by atoms with Gasteiger partial charge in [-0.3, -0.25) is 25.2 Å². The van der Waals surface area contributed by atoms with Crippen LogP contribution in [0.5, 0.6) is 11.5 Å². The predicted molar refractivity (Wildman–Crippen MR) is 137 cm³/mol. The summed E-state index contributed by atoms with van der Waals surface area (Å²) in [5.74, 6) is -0.310. The molecular formula is C28H31N3O5. The standard InChI is InChI=1S/C28H31N3O5/c1-3-16-36-24-14-13-20(17-25(24)35-2)26(32)29-30-27(33)21-10-7-15-31(18-21)28(34)23-12-6-9-19-8-4-5-11-22(19)23/h4-6,8-9,11-14,17,21H,3,7,10,15-16,18H2,1-2H3,(H,29,32)(H,30,33). The van der Waals surface area contributed by atoms with Gasteiger partial charge in [0.2, 0.25) is 5.91 Å². The number of nitrogens with zero attached hydrogens (tertiary/aromatic N) is 1. The number of ether oxygens (including phenoxy) is 2. The molecule has 1 saturated heterocycles. The van der Waals surface area contributed by atoms with Gasteiger partial charge in [0, 0.05) is 24.2 Å². The minimum absolute atomic E-state index is 0.0918. The fourth-order valence-corrected chi connectivity index (χ4v) is 4.39. The van der Waals surface area contributed by atoms with Crippen molar-refractivity contribution >= 4 is 28.5 Å². The SMILES string of the molecule is CCCOc1ccc(C(=O)NNC(=O)C2CCCN(C(=O)c3cccc4ccccc34)C2)cc1OC. The summed E-state index contributed by atoms with van der Waals surface area (Å²) < 4.78 is 10.9. The smallest absolute Gasteiger partial charge is 0.269 e. The van der Waals surface area contributed by atoms with Gasteiger partial charge in [-0.05, 0) is 54.3 Å². The largest absolute Gasteiger partial charge is 0.493 e. The molecular weight excluding hydrogens is 458 g/mol. The second-order valence-electron chi connectivity index (χ2n) is 8.77. The van der Waals surface area contributed by atoms with E-state index < -0.39 is 11.8 Å². The molecule has 0 saturated carbocycles. The van der Waals surface area contributed by atoms with Gasteiger partial charge in [0.25, 0.3) is 11.8 Å². The van der Waals surface area contributed by atoms with Gasteiger partial charge in [-0.25, -0.2) is 0 Å². The number of benzene rings is 3. The van der Waals surface area contributed by atoms with Crippen LogP contribution in [0.4, 0.5) is 0 Å². The number of nitrogens with one attached hydrogen (secondary N) is 2. The van der Waals surface area contributed by atoms with Crippen LogP contribution in [0.25, 0.3) is 10.8 Å². The first-order valence-corrected chi connectivity index (χ1v) is 12.2. The Morgan fingerprint density at radius 1 is 1.00 bits per heavy atom. The van der Waals surface area contributed by atoms with Crippen LogP contribution in [0, 0.1) is 5.92 Å². The molecule has 3 aromatic carbocycles. The molecule has 1 unspecified atom stereocenters. The molecule has 4 rings (SSSR count). The highest BCUT2D eigenvalue weighted by Gasteiger charge is 2.29. The Labute approximate surface area is 210 Å². The van der Waals surface area contributed by atoms with Crippen LogP contribution in [-0.4, -0.2) is 49.4 Å². The van der Waals surface area contributed by atoms with Crippen LogP contribution in [0.1, 0.15) is 46.9 Å². The average Bonchev–Trinajstić information content (AvgIpc) is 2.93. The Morgan fingerprint density at radius 2 is 1.81 bits per heavy atom. The van der Waals surface area contributed by atoms with E-state index in [4.69, 9.17) is 9.47 Å². The molecule has 1 fully saturated rings. The summed E-state index contributed by atoms with van der Waals surface area (Å²) in [6, 6.07) is 18.3. The van der Waals surface area contributed by atoms with E-state index in [9.17, 15) is 14.4 Å². The molecule has 3 amide bonds. The number of hydrogen-bond acceptors (Lipinski definition) is 5. The Morgan fingerprint density at radius 3 is 2.61 bits per heavy atom. The lowest BCUT2D eigenvalue weighted by atomic mass is 9.96. The molecule has 0 radical (unpaired) electrons. The predicted octanol–water partition coefficient (Wildman–Crippen LogP) is 3.95. The molecule has 8 nitrogen and oxygen atoms in total. The summed E-state index contributed by atoms with van der Waals surface area (Å²) in [5, 5.41) is 1.89. The first kappa shape index (κ1) is 25.0. The first-order chi connectivity index (χ1) is 17.5. The fourth-order valence-electron chi connectivity index (χ4n) is 4.39. The number of likely N-dealkylation sites (tertiary alicyclic amines) is 1. The van der Waals surface area contributed by atoms with Crippen LogP contribution in [0.2, 0.25) is 0 Å². The van der Waals surface area contributed by atoms with Crippen molar-refractivity contribution in [3.05, 3.63) is 71.8 Å². The van der Waals surface area contributed by atoms with Gasteiger partial charge in [-0.15, -0.1) is 0 Å². The molecule has 0 bridgehead atoms. The van der Waals surface area contributed by atoms with Crippen molar-refractivity contribution in [3.63, 3.8) is 0 Å². The second kappa shape index (κ2) is 11.6. The van der Waals surface area contributed by atoms with Crippen molar-refractivity contribution in [2.75, 3.05) is 26.8 Å². The van der Waals surface area contributed by atoms with Gasteiger partial charge in [0.1, 0.15) is 0 Å². The van der Waals surface area contributed by atoms with E-state index in [0.717, 1.165) is 17.2 Å². The highest BCUT2D eigenvalue weighted by atomic mass is 16.5. The Balaban J connectivity index is 1.37. The van der Waals surface area contributed by atoms with Crippen LogP contribution in [-0.2, 0) is 4.79 Å². The summed E-state index contributed by atoms with van der Waals surface area (Å²) in [7, 11) is 1.51. The van der Waals surface area contributed by atoms with Crippen molar-refractivity contribution in [1.29, 1.82) is 0 Å². The summed E-state index contributed by atoms with van der Waals surface area (Å²) >= 11 is 0. The highest BCUT2D eigenvalue weighted by Crippen LogP contribution is 2.28. The number of rotatable bonds is 7. The maximum Gasteiger partial charge on any atom is 0.269 e. The summed E-state index contributed by atoms with van der Waals surface area (Å²) in [6.45, 7) is 3.42. The number of fused-ring (bicyclic) bond motifs is 1. The maximum atomic E-state index is 13.3. The van der Waals surface area contributed by atoms with E-state index in [1.807, 2.05) is 49.4 Å². The molecule has 1 aliphatic rings. The van der Waals surface area contributed by atoms with Crippen molar-refractivity contribution in [1.82, 2.24) is 15.8 Å². The number of piperidine rings is 1. The zero-order valence-electron chi connectivity index (χ0n) is 20.6. The first-order valence-electron chi connectivity index (χ1n) is 12.2. The number of carbonyl (C=O) groups is 3. The number of hydrogen-bond donors (Lipinski definition) is 2. The monoisotopic (exact) mass is 489 g/mol. The Bertz CT molecular complexity index is 1250. The normalized spacial score (nSPS) is 15.3. The van der Waals surface area contributed by atoms with Gasteiger partial charge in [0.05, 0.1) is 19.6 Å². The Kier molecular flexibility index (Phi) is 8.05. The van der Waals surface area contributed by atoms with E-state index in [0.29, 0.717) is 55.2 Å². The quantitative estimate of drug-likeness (QED) is 0.490. The molecule has 1 heterocycles. The van der Waals surface area contributed by atoms with Crippen molar-refractivity contribution in [3.8, 4) is 11.5 Å². The maximum absolute atomic E-state index is 13.3. The highest BCUT2D eigenvalue weighted by molar-refractivity contribution is 6.07. The minimum Gasteiger partial charge on any atom is -0.493 e. The van der Waals surface area contributed by atoms with E-state index in [1.54, 1.807) is 23.1 Å². The molecule has 3 aromatic rings. The van der Waals surface area contributed by atoms with Crippen molar-refractivity contribution in [2.45, 2.75) is 26.2 Å². The molecule has 36 heavy (non-hydrogen) atoms. The van der Waals surface area contributed by atoms with Gasteiger partial charge < -0.3 is 14.4 Å². The van der Waals surface area contributed by atoms with Crippen LogP contribution < -0.4 is 20.3 Å². The zero-order valence-corrected chi connectivity index (χ0v) is 20.6. The topological polar surface area (TPSA) is 97.0 Å². The third kappa shape index (κ3) is 5.59. The van der Waals surface area contributed by atoms with Crippen LogP contribution in [0.3, 0.4) is 0 Å². The second-order valence-corrected chi connectivity index (χ2v) is 8.77. The van der Waals surface area contributed by atoms with E-state index in [2.05, 4.69) is 10.9 Å². The molecule has 8 heteroatoms. The molecule has 2 N–H and O–H groups in total. The Hall–Kier alpha value is -4.07. The van der Waals surface area contributed by atoms with Gasteiger partial charge in [-0.1, -0.05) is 43.3 Å². The zero-order chi connectivity index (χ0) is 25.5. The molecule has 0 aromatic heterocycles. The molecule has 1 aliphatic heterocycles. The lowest BCUT2D eigenvalue weighted by Gasteiger charge is -2.32. The summed E-state index contributed by atoms with van der Waals surface area (Å²) in [4.78, 5) is 40.5. The van der Waals surface area contributed by atoms with Gasteiger partial charge >= 0.3 is 0 Å². The summed E-state index contributed by atoms with van der Waals surface area (Å²) in [5.41, 5.74) is 5.94. The number of carbonyl (C=O) groups excluding carboxylic acids is 3. The van der Waals surface area contributed by atoms with E-state index in [1.165, 1.54) is 7.11 Å². The third-order valence-corrected chi connectivity index (χ3v) is 6.29. The summed E-state index contributed by atoms with van der Waals surface area (Å²) in [6.07, 6.45) is 2.20. The minimum atomic E-state index is -0.469. The molecule has 1 atom stereocenters. The molecule has 188 valence electrons. The van der Waals surface area contributed by atoms with Crippen LogP contribution in [0.15, 0.2) is 60.7 Å². The van der Waals surface area contributed by atoms with Crippen LogP contribution >= 0.6 is 0 Å². The van der Waals surface area contributed by atoms with Crippen molar-refractivity contribution < 1.29 is 23.9 Å². The molecule has 0 aliphatic carbocycles. The number of hydrazine groups is 1. The van der Waals surface area contributed by atoms with Gasteiger partial charge in [0.15, 0.2) is 11.5 Å². The van der Waals surface area contributed by atoms with E-state index in [-0.39, 0.29) is 11.8 Å². The number of amides is 3. The average molecular weight is 490 g/mol. The number of methoxy groups -OCH3 is 1. The van der Waals surface area contributed by atoms with E-state index >= 15 is 0 Å². The third-order valence-electron chi connectivity index (χ3n) is 6.29. The fraction of sp³-hybridized carbons (Fsp3) is 0.321. The van der Waals surface area contributed by atoms with Crippen molar-refractivity contribution in [2.24, 2.45) is 5.92 Å². The lowest BCUT2D eigenvalue weighted by Crippen LogP contribution is -2.50.